The summed E-state index contributed by atoms with van der Waals surface area (Å²) in [6.45, 7) is 2.90. The minimum atomic E-state index is -0.0681. The Morgan fingerprint density at radius 2 is 2.28 bits per heavy atom. The van der Waals surface area contributed by atoms with Crippen LogP contribution in [0.15, 0.2) is 28.7 Å². The van der Waals surface area contributed by atoms with Gasteiger partial charge >= 0.3 is 0 Å². The zero-order valence-corrected chi connectivity index (χ0v) is 12.2. The first-order valence-electron chi connectivity index (χ1n) is 6.46. The van der Waals surface area contributed by atoms with Gasteiger partial charge in [0.25, 0.3) is 0 Å². The SMILES string of the molecule is CC(NC1CCCCNC1=O)c1cccc(Br)c1. The van der Waals surface area contributed by atoms with Crippen LogP contribution in [0.3, 0.4) is 0 Å². The Morgan fingerprint density at radius 1 is 1.44 bits per heavy atom. The quantitative estimate of drug-likeness (QED) is 0.901. The van der Waals surface area contributed by atoms with E-state index in [1.165, 1.54) is 5.56 Å². The van der Waals surface area contributed by atoms with Gasteiger partial charge in [0.2, 0.25) is 5.91 Å². The molecule has 2 N–H and O–H groups in total. The average Bonchev–Trinajstić information content (AvgIpc) is 2.55. The Balaban J connectivity index is 2.01. The molecule has 0 saturated carbocycles. The van der Waals surface area contributed by atoms with E-state index in [1.807, 2.05) is 12.1 Å². The summed E-state index contributed by atoms with van der Waals surface area (Å²) < 4.78 is 1.07. The van der Waals surface area contributed by atoms with E-state index in [-0.39, 0.29) is 18.0 Å². The van der Waals surface area contributed by atoms with Crippen LogP contribution in [0, 0.1) is 0 Å². The molecule has 4 heteroatoms. The third-order valence-electron chi connectivity index (χ3n) is 3.34. The smallest absolute Gasteiger partial charge is 0.237 e. The molecule has 1 aromatic carbocycles. The van der Waals surface area contributed by atoms with Crippen molar-refractivity contribution in [1.82, 2.24) is 10.6 Å². The maximum atomic E-state index is 11.9. The van der Waals surface area contributed by atoms with Crippen LogP contribution in [-0.4, -0.2) is 18.5 Å². The van der Waals surface area contributed by atoms with Gasteiger partial charge in [-0.25, -0.2) is 0 Å². The van der Waals surface area contributed by atoms with Crippen molar-refractivity contribution >= 4 is 21.8 Å². The molecule has 1 amide bonds. The summed E-state index contributed by atoms with van der Waals surface area (Å²) in [4.78, 5) is 11.9. The van der Waals surface area contributed by atoms with Gasteiger partial charge in [-0.15, -0.1) is 0 Å². The van der Waals surface area contributed by atoms with Crippen LogP contribution in [0.5, 0.6) is 0 Å². The zero-order chi connectivity index (χ0) is 13.0. The summed E-state index contributed by atoms with van der Waals surface area (Å²) in [7, 11) is 0. The normalized spacial score (nSPS) is 22.1. The van der Waals surface area contributed by atoms with Crippen molar-refractivity contribution in [2.24, 2.45) is 0 Å². The van der Waals surface area contributed by atoms with Crippen LogP contribution in [0.1, 0.15) is 37.8 Å². The largest absolute Gasteiger partial charge is 0.355 e. The van der Waals surface area contributed by atoms with E-state index < -0.39 is 0 Å². The van der Waals surface area contributed by atoms with Crippen molar-refractivity contribution in [3.05, 3.63) is 34.3 Å². The minimum absolute atomic E-state index is 0.0681. The van der Waals surface area contributed by atoms with E-state index in [4.69, 9.17) is 0 Å². The fourth-order valence-corrected chi connectivity index (χ4v) is 2.69. The first kappa shape index (κ1) is 13.6. The molecule has 0 aliphatic carbocycles. The zero-order valence-electron chi connectivity index (χ0n) is 10.6. The van der Waals surface area contributed by atoms with Crippen LogP contribution in [0.25, 0.3) is 0 Å². The third kappa shape index (κ3) is 3.56. The van der Waals surface area contributed by atoms with Crippen molar-refractivity contribution in [3.63, 3.8) is 0 Å². The fraction of sp³-hybridized carbons (Fsp3) is 0.500. The van der Waals surface area contributed by atoms with Crippen LogP contribution in [0.2, 0.25) is 0 Å². The first-order valence-corrected chi connectivity index (χ1v) is 7.25. The average molecular weight is 311 g/mol. The number of amides is 1. The summed E-state index contributed by atoms with van der Waals surface area (Å²) in [5.74, 6) is 0.134. The second-order valence-corrected chi connectivity index (χ2v) is 5.70. The van der Waals surface area contributed by atoms with E-state index >= 15 is 0 Å². The summed E-state index contributed by atoms with van der Waals surface area (Å²) in [6, 6.07) is 8.31. The molecule has 1 aliphatic rings. The first-order chi connectivity index (χ1) is 8.66. The van der Waals surface area contributed by atoms with Gasteiger partial charge < -0.3 is 5.32 Å². The van der Waals surface area contributed by atoms with Crippen molar-refractivity contribution in [2.75, 3.05) is 6.54 Å². The molecule has 1 fully saturated rings. The summed E-state index contributed by atoms with van der Waals surface area (Å²) in [5.41, 5.74) is 1.20. The topological polar surface area (TPSA) is 41.1 Å². The molecule has 0 bridgehead atoms. The fourth-order valence-electron chi connectivity index (χ4n) is 2.27. The van der Waals surface area contributed by atoms with Gasteiger partial charge in [0.1, 0.15) is 0 Å². The number of hydrogen-bond donors (Lipinski definition) is 2. The molecule has 2 atom stereocenters. The highest BCUT2D eigenvalue weighted by Crippen LogP contribution is 2.19. The number of rotatable bonds is 3. The lowest BCUT2D eigenvalue weighted by molar-refractivity contribution is -0.123. The lowest BCUT2D eigenvalue weighted by atomic mass is 10.1. The van der Waals surface area contributed by atoms with Crippen LogP contribution >= 0.6 is 15.9 Å². The molecule has 98 valence electrons. The lowest BCUT2D eigenvalue weighted by Crippen LogP contribution is -2.43. The Bertz CT molecular complexity index is 422. The molecule has 0 radical (unpaired) electrons. The van der Waals surface area contributed by atoms with E-state index in [0.29, 0.717) is 0 Å². The van der Waals surface area contributed by atoms with Crippen LogP contribution in [-0.2, 0) is 4.79 Å². The van der Waals surface area contributed by atoms with Crippen molar-refractivity contribution in [1.29, 1.82) is 0 Å². The van der Waals surface area contributed by atoms with Crippen LogP contribution < -0.4 is 10.6 Å². The van der Waals surface area contributed by atoms with E-state index in [2.05, 4.69) is 45.6 Å². The molecule has 3 nitrogen and oxygen atoms in total. The number of nitrogens with one attached hydrogen (secondary N) is 2. The van der Waals surface area contributed by atoms with Crippen molar-refractivity contribution in [3.8, 4) is 0 Å². The van der Waals surface area contributed by atoms with Crippen molar-refractivity contribution < 1.29 is 4.79 Å². The van der Waals surface area contributed by atoms with Crippen molar-refractivity contribution in [2.45, 2.75) is 38.3 Å². The maximum absolute atomic E-state index is 11.9. The van der Waals surface area contributed by atoms with Gasteiger partial charge in [0.15, 0.2) is 0 Å². The second kappa shape index (κ2) is 6.34. The monoisotopic (exact) mass is 310 g/mol. The Kier molecular flexibility index (Phi) is 4.78. The number of carbonyl (C=O) groups excluding carboxylic acids is 1. The number of carbonyl (C=O) groups is 1. The van der Waals surface area contributed by atoms with Gasteiger partial charge in [-0.3, -0.25) is 10.1 Å². The maximum Gasteiger partial charge on any atom is 0.237 e. The molecule has 2 rings (SSSR count). The summed E-state index contributed by atoms with van der Waals surface area (Å²) >= 11 is 3.47. The molecule has 18 heavy (non-hydrogen) atoms. The van der Waals surface area contributed by atoms with Gasteiger partial charge in [0, 0.05) is 17.1 Å². The number of halogens is 1. The molecule has 0 spiro atoms. The van der Waals surface area contributed by atoms with E-state index in [9.17, 15) is 4.79 Å². The molecule has 2 unspecified atom stereocenters. The third-order valence-corrected chi connectivity index (χ3v) is 3.83. The van der Waals surface area contributed by atoms with E-state index in [0.717, 1.165) is 30.3 Å². The van der Waals surface area contributed by atoms with Gasteiger partial charge in [0.05, 0.1) is 6.04 Å². The molecule has 1 aliphatic heterocycles. The van der Waals surface area contributed by atoms with Crippen LogP contribution in [0.4, 0.5) is 0 Å². The molecule has 1 saturated heterocycles. The highest BCUT2D eigenvalue weighted by molar-refractivity contribution is 9.10. The summed E-state index contributed by atoms with van der Waals surface area (Å²) in [6.07, 6.45) is 3.10. The molecule has 0 aromatic heterocycles. The van der Waals surface area contributed by atoms with Gasteiger partial charge in [-0.1, -0.05) is 28.1 Å². The predicted molar refractivity (Wildman–Crippen MR) is 76.3 cm³/mol. The van der Waals surface area contributed by atoms with Gasteiger partial charge in [-0.05, 0) is 43.9 Å². The standard InChI is InChI=1S/C14H19BrN2O/c1-10(11-5-4-6-12(15)9-11)17-13-7-2-3-8-16-14(13)18/h4-6,9-10,13,17H,2-3,7-8H2,1H3,(H,16,18). The molecule has 1 heterocycles. The molecule has 1 aromatic rings. The second-order valence-electron chi connectivity index (χ2n) is 4.78. The Hall–Kier alpha value is -0.870. The predicted octanol–water partition coefficient (Wildman–Crippen LogP) is 2.77. The minimum Gasteiger partial charge on any atom is -0.355 e. The summed E-state index contributed by atoms with van der Waals surface area (Å²) in [5, 5.41) is 6.37. The molecular weight excluding hydrogens is 292 g/mol. The lowest BCUT2D eigenvalue weighted by Gasteiger charge is -2.21. The van der Waals surface area contributed by atoms with Gasteiger partial charge in [-0.2, -0.15) is 0 Å². The Morgan fingerprint density at radius 3 is 3.06 bits per heavy atom. The highest BCUT2D eigenvalue weighted by atomic mass is 79.9. The number of hydrogen-bond acceptors (Lipinski definition) is 2. The molecular formula is C14H19BrN2O. The number of benzene rings is 1. The highest BCUT2D eigenvalue weighted by Gasteiger charge is 2.22. The van der Waals surface area contributed by atoms with E-state index in [1.54, 1.807) is 0 Å². The Labute approximate surface area is 116 Å².